The molecule has 0 unspecified atom stereocenters. The summed E-state index contributed by atoms with van der Waals surface area (Å²) >= 11 is 0. The number of hydrogen-bond donors (Lipinski definition) is 1. The van der Waals surface area contributed by atoms with Crippen LogP contribution in [0.25, 0.3) is 0 Å². The van der Waals surface area contributed by atoms with Crippen LogP contribution in [-0.2, 0) is 14.8 Å². The van der Waals surface area contributed by atoms with E-state index in [2.05, 4.69) is 5.32 Å². The summed E-state index contributed by atoms with van der Waals surface area (Å²) in [6, 6.07) is 9.67. The first-order valence-electron chi connectivity index (χ1n) is 10.6. The minimum absolute atomic E-state index is 0.0344. The first-order chi connectivity index (χ1) is 15.5. The number of benzene rings is 2. The second-order valence-corrected chi connectivity index (χ2v) is 9.83. The highest BCUT2D eigenvalue weighted by molar-refractivity contribution is 7.92. The van der Waals surface area contributed by atoms with Gasteiger partial charge in [0.25, 0.3) is 5.69 Å². The SMILES string of the molecule is CC[C@@H](NC(=O)CCCN(c1cc([N+](=O)[O-])ccc1C)S(C)(=O)=O)c1ccc(OC)c(C)c1. The van der Waals surface area contributed by atoms with Crippen LogP contribution in [0.4, 0.5) is 11.4 Å². The minimum Gasteiger partial charge on any atom is -0.496 e. The highest BCUT2D eigenvalue weighted by Crippen LogP contribution is 2.28. The van der Waals surface area contributed by atoms with Crippen molar-refractivity contribution in [1.29, 1.82) is 0 Å². The van der Waals surface area contributed by atoms with Crippen LogP contribution in [0.2, 0.25) is 0 Å². The van der Waals surface area contributed by atoms with Crippen molar-refractivity contribution < 1.29 is 22.9 Å². The Balaban J connectivity index is 2.08. The van der Waals surface area contributed by atoms with Crippen molar-refractivity contribution in [2.24, 2.45) is 0 Å². The molecule has 2 aromatic rings. The highest BCUT2D eigenvalue weighted by Gasteiger charge is 2.22. The average Bonchev–Trinajstić information content (AvgIpc) is 2.74. The van der Waals surface area contributed by atoms with Crippen molar-refractivity contribution in [1.82, 2.24) is 5.32 Å². The van der Waals surface area contributed by atoms with Crippen LogP contribution in [-0.4, -0.2) is 39.2 Å². The molecule has 0 aliphatic heterocycles. The number of nitro groups is 1. The zero-order valence-corrected chi connectivity index (χ0v) is 20.4. The van der Waals surface area contributed by atoms with Gasteiger partial charge in [0.1, 0.15) is 5.75 Å². The van der Waals surface area contributed by atoms with Crippen LogP contribution in [0.3, 0.4) is 0 Å². The molecule has 1 atom stereocenters. The van der Waals surface area contributed by atoms with E-state index in [9.17, 15) is 23.3 Å². The maximum absolute atomic E-state index is 12.6. The van der Waals surface area contributed by atoms with Crippen molar-refractivity contribution in [3.05, 3.63) is 63.2 Å². The van der Waals surface area contributed by atoms with Gasteiger partial charge in [-0.25, -0.2) is 8.42 Å². The van der Waals surface area contributed by atoms with E-state index < -0.39 is 14.9 Å². The van der Waals surface area contributed by atoms with E-state index >= 15 is 0 Å². The second-order valence-electron chi connectivity index (χ2n) is 7.92. The number of non-ortho nitro benzene ring substituents is 1. The van der Waals surface area contributed by atoms with Gasteiger partial charge < -0.3 is 10.1 Å². The van der Waals surface area contributed by atoms with Crippen LogP contribution in [0.5, 0.6) is 5.75 Å². The van der Waals surface area contributed by atoms with Gasteiger partial charge in [-0.05, 0) is 49.4 Å². The standard InChI is InChI=1S/C23H31N3O6S/c1-6-20(18-10-12-22(32-4)17(3)14-18)24-23(27)8-7-13-25(33(5,30)31)21-15-19(26(28)29)11-9-16(21)2/h9-12,14-15,20H,6-8,13H2,1-5H3,(H,24,27)/t20-/m1/s1. The molecule has 0 saturated heterocycles. The molecule has 2 aromatic carbocycles. The molecule has 0 radical (unpaired) electrons. The summed E-state index contributed by atoms with van der Waals surface area (Å²) in [4.78, 5) is 23.1. The number of sulfonamides is 1. The van der Waals surface area contributed by atoms with Gasteiger partial charge in [0.15, 0.2) is 0 Å². The van der Waals surface area contributed by atoms with E-state index in [4.69, 9.17) is 4.74 Å². The van der Waals surface area contributed by atoms with Crippen LogP contribution in [0.1, 0.15) is 48.9 Å². The van der Waals surface area contributed by atoms with Gasteiger partial charge >= 0.3 is 0 Å². The van der Waals surface area contributed by atoms with E-state index in [0.29, 0.717) is 12.0 Å². The van der Waals surface area contributed by atoms with Crippen LogP contribution in [0.15, 0.2) is 36.4 Å². The van der Waals surface area contributed by atoms with Gasteiger partial charge in [0.2, 0.25) is 15.9 Å². The second kappa shape index (κ2) is 11.1. The Hall–Kier alpha value is -3.14. The summed E-state index contributed by atoms with van der Waals surface area (Å²) in [5.41, 5.74) is 2.58. The Labute approximate surface area is 195 Å². The topological polar surface area (TPSA) is 119 Å². The molecule has 9 nitrogen and oxygen atoms in total. The molecule has 33 heavy (non-hydrogen) atoms. The first-order valence-corrected chi connectivity index (χ1v) is 12.5. The molecule has 10 heteroatoms. The van der Waals surface area contributed by atoms with E-state index in [0.717, 1.165) is 27.4 Å². The Morgan fingerprint density at radius 1 is 1.18 bits per heavy atom. The zero-order chi connectivity index (χ0) is 24.8. The molecule has 2 rings (SSSR count). The number of nitrogens with zero attached hydrogens (tertiary/aromatic N) is 2. The number of methoxy groups -OCH3 is 1. The van der Waals surface area contributed by atoms with Gasteiger partial charge in [-0.3, -0.25) is 19.2 Å². The molecule has 0 saturated carbocycles. The van der Waals surface area contributed by atoms with Crippen LogP contribution >= 0.6 is 0 Å². The van der Waals surface area contributed by atoms with Crippen molar-refractivity contribution in [2.45, 2.75) is 46.1 Å². The number of nitro benzene ring substituents is 1. The fourth-order valence-corrected chi connectivity index (χ4v) is 4.65. The van der Waals surface area contributed by atoms with E-state index in [1.54, 1.807) is 14.0 Å². The number of anilines is 1. The summed E-state index contributed by atoms with van der Waals surface area (Å²) in [6.45, 7) is 5.63. The Kier molecular flexibility index (Phi) is 8.81. The molecule has 180 valence electrons. The summed E-state index contributed by atoms with van der Waals surface area (Å²) in [6.07, 6.45) is 2.12. The zero-order valence-electron chi connectivity index (χ0n) is 19.6. The largest absolute Gasteiger partial charge is 0.496 e. The predicted molar refractivity (Wildman–Crippen MR) is 128 cm³/mol. The van der Waals surface area contributed by atoms with Crippen LogP contribution < -0.4 is 14.4 Å². The summed E-state index contributed by atoms with van der Waals surface area (Å²) < 4.78 is 31.2. The minimum atomic E-state index is -3.70. The van der Waals surface area contributed by atoms with Crippen molar-refractivity contribution in [2.75, 3.05) is 24.2 Å². The van der Waals surface area contributed by atoms with E-state index in [-0.39, 0.29) is 42.7 Å². The highest BCUT2D eigenvalue weighted by atomic mass is 32.2. The number of hydrogen-bond acceptors (Lipinski definition) is 6. The van der Waals surface area contributed by atoms with E-state index in [1.807, 2.05) is 32.0 Å². The third-order valence-electron chi connectivity index (χ3n) is 5.40. The molecule has 0 spiro atoms. The number of rotatable bonds is 11. The predicted octanol–water partition coefficient (Wildman–Crippen LogP) is 4.03. The van der Waals surface area contributed by atoms with E-state index in [1.165, 1.54) is 18.2 Å². The van der Waals surface area contributed by atoms with Gasteiger partial charge in [0.05, 0.1) is 30.0 Å². The molecule has 0 aliphatic carbocycles. The fourth-order valence-electron chi connectivity index (χ4n) is 3.63. The molecule has 0 aliphatic rings. The maximum Gasteiger partial charge on any atom is 0.271 e. The third kappa shape index (κ3) is 6.92. The van der Waals surface area contributed by atoms with Gasteiger partial charge in [-0.2, -0.15) is 0 Å². The fraction of sp³-hybridized carbons (Fsp3) is 0.435. The van der Waals surface area contributed by atoms with Crippen LogP contribution in [0, 0.1) is 24.0 Å². The number of amides is 1. The lowest BCUT2D eigenvalue weighted by molar-refractivity contribution is -0.384. The molecular formula is C23H31N3O6S. The molecule has 0 aromatic heterocycles. The number of carbonyl (C=O) groups excluding carboxylic acids is 1. The third-order valence-corrected chi connectivity index (χ3v) is 6.58. The quantitative estimate of drug-likeness (QED) is 0.385. The summed E-state index contributed by atoms with van der Waals surface area (Å²) in [5.74, 6) is 0.580. The normalized spacial score (nSPS) is 12.2. The molecular weight excluding hydrogens is 446 g/mol. The van der Waals surface area contributed by atoms with Gasteiger partial charge in [-0.15, -0.1) is 0 Å². The summed E-state index contributed by atoms with van der Waals surface area (Å²) in [7, 11) is -2.09. The smallest absolute Gasteiger partial charge is 0.271 e. The number of carbonyl (C=O) groups is 1. The lowest BCUT2D eigenvalue weighted by atomic mass is 10.0. The molecule has 1 amide bonds. The lowest BCUT2D eigenvalue weighted by Crippen LogP contribution is -2.33. The number of nitrogens with one attached hydrogen (secondary N) is 1. The van der Waals surface area contributed by atoms with Crippen molar-refractivity contribution in [3.8, 4) is 5.75 Å². The first kappa shape index (κ1) is 26.1. The molecule has 0 heterocycles. The Morgan fingerprint density at radius 2 is 1.88 bits per heavy atom. The Morgan fingerprint density at radius 3 is 2.42 bits per heavy atom. The lowest BCUT2D eigenvalue weighted by Gasteiger charge is -2.24. The molecule has 1 N–H and O–H groups in total. The average molecular weight is 478 g/mol. The monoisotopic (exact) mass is 477 g/mol. The van der Waals surface area contributed by atoms with Gasteiger partial charge in [0, 0.05) is 25.1 Å². The number of aryl methyl sites for hydroxylation is 2. The summed E-state index contributed by atoms with van der Waals surface area (Å²) in [5, 5.41) is 14.1. The van der Waals surface area contributed by atoms with Crippen molar-refractivity contribution >= 4 is 27.3 Å². The Bertz CT molecular complexity index is 1120. The van der Waals surface area contributed by atoms with Crippen molar-refractivity contribution in [3.63, 3.8) is 0 Å². The number of ether oxygens (including phenoxy) is 1. The maximum atomic E-state index is 12.6. The molecule has 0 bridgehead atoms. The van der Waals surface area contributed by atoms with Gasteiger partial charge in [-0.1, -0.05) is 25.1 Å². The molecule has 0 fully saturated rings.